The van der Waals surface area contributed by atoms with Crippen molar-refractivity contribution in [3.8, 4) is 0 Å². The molecule has 0 amide bonds. The molecule has 1 heterocycles. The summed E-state index contributed by atoms with van der Waals surface area (Å²) in [4.78, 5) is 0. The molecule has 0 saturated carbocycles. The molecule has 2 nitrogen and oxygen atoms in total. The number of rotatable bonds is 10. The topological polar surface area (TPSA) is 18.5 Å². The third kappa shape index (κ3) is 6.27. The Labute approximate surface area is 120 Å². The molecule has 0 N–H and O–H groups in total. The first-order valence-electron chi connectivity index (χ1n) is 8.49. The van der Waals surface area contributed by atoms with Gasteiger partial charge in [0.05, 0.1) is 13.2 Å². The van der Waals surface area contributed by atoms with E-state index >= 15 is 0 Å². The second-order valence-corrected chi connectivity index (χ2v) is 6.17. The van der Waals surface area contributed by atoms with Crippen molar-refractivity contribution in [3.63, 3.8) is 0 Å². The quantitative estimate of drug-likeness (QED) is 0.501. The van der Waals surface area contributed by atoms with E-state index in [1.54, 1.807) is 0 Å². The Bertz CT molecular complexity index is 201. The van der Waals surface area contributed by atoms with E-state index in [4.69, 9.17) is 9.47 Å². The van der Waals surface area contributed by atoms with Gasteiger partial charge in [-0.15, -0.1) is 0 Å². The van der Waals surface area contributed by atoms with Crippen LogP contribution in [0.1, 0.15) is 85.0 Å². The molecule has 0 radical (unpaired) electrons. The van der Waals surface area contributed by atoms with Gasteiger partial charge < -0.3 is 9.47 Å². The van der Waals surface area contributed by atoms with E-state index in [1.807, 2.05) is 0 Å². The summed E-state index contributed by atoms with van der Waals surface area (Å²) in [7, 11) is 0. The van der Waals surface area contributed by atoms with Gasteiger partial charge in [0.15, 0.2) is 6.29 Å². The van der Waals surface area contributed by atoms with Gasteiger partial charge in [0, 0.05) is 5.41 Å². The van der Waals surface area contributed by atoms with E-state index in [9.17, 15) is 0 Å². The van der Waals surface area contributed by atoms with Gasteiger partial charge >= 0.3 is 0 Å². The van der Waals surface area contributed by atoms with Crippen molar-refractivity contribution in [2.75, 3.05) is 13.2 Å². The van der Waals surface area contributed by atoms with Crippen LogP contribution >= 0.6 is 0 Å². The Morgan fingerprint density at radius 2 is 1.32 bits per heavy atom. The van der Waals surface area contributed by atoms with Gasteiger partial charge in [-0.3, -0.25) is 0 Å². The molecule has 0 aromatic carbocycles. The van der Waals surface area contributed by atoms with Crippen molar-refractivity contribution >= 4 is 0 Å². The van der Waals surface area contributed by atoms with Gasteiger partial charge in [0.2, 0.25) is 0 Å². The first kappa shape index (κ1) is 17.0. The summed E-state index contributed by atoms with van der Waals surface area (Å²) in [5.74, 6) is 0. The fourth-order valence-corrected chi connectivity index (χ4v) is 2.72. The van der Waals surface area contributed by atoms with Crippen LogP contribution in [0.5, 0.6) is 0 Å². The molecule has 0 aromatic heterocycles. The summed E-state index contributed by atoms with van der Waals surface area (Å²) >= 11 is 0. The highest BCUT2D eigenvalue weighted by Crippen LogP contribution is 2.32. The second-order valence-electron chi connectivity index (χ2n) is 6.17. The largest absolute Gasteiger partial charge is 0.352 e. The summed E-state index contributed by atoms with van der Waals surface area (Å²) in [6.45, 7) is 8.53. The van der Waals surface area contributed by atoms with Gasteiger partial charge in [0.25, 0.3) is 0 Å². The molecule has 0 unspecified atom stereocenters. The molecule has 1 saturated heterocycles. The normalized spacial score (nSPS) is 19.7. The van der Waals surface area contributed by atoms with Crippen LogP contribution in [0.25, 0.3) is 0 Å². The Morgan fingerprint density at radius 3 is 1.84 bits per heavy atom. The van der Waals surface area contributed by atoms with Crippen molar-refractivity contribution in [2.24, 2.45) is 5.41 Å². The van der Waals surface area contributed by atoms with Gasteiger partial charge in [-0.05, 0) is 25.7 Å². The minimum atomic E-state index is 0.0712. The molecule has 114 valence electrons. The lowest BCUT2D eigenvalue weighted by Crippen LogP contribution is -2.41. The smallest absolute Gasteiger partial charge is 0.157 e. The maximum Gasteiger partial charge on any atom is 0.157 e. The van der Waals surface area contributed by atoms with Crippen molar-refractivity contribution in [1.29, 1.82) is 0 Å². The zero-order chi connectivity index (χ0) is 14.0. The lowest BCUT2D eigenvalue weighted by atomic mass is 9.83. The molecule has 0 bridgehead atoms. The summed E-state index contributed by atoms with van der Waals surface area (Å²) in [6.07, 6.45) is 13.0. The van der Waals surface area contributed by atoms with Gasteiger partial charge in [-0.25, -0.2) is 0 Å². The van der Waals surface area contributed by atoms with E-state index in [-0.39, 0.29) is 11.7 Å². The van der Waals surface area contributed by atoms with Crippen LogP contribution in [-0.2, 0) is 9.47 Å². The lowest BCUT2D eigenvalue weighted by Gasteiger charge is -2.39. The van der Waals surface area contributed by atoms with Crippen molar-refractivity contribution in [1.82, 2.24) is 0 Å². The molecule has 0 aromatic rings. The third-order valence-electron chi connectivity index (χ3n) is 4.69. The first-order chi connectivity index (χ1) is 9.26. The highest BCUT2D eigenvalue weighted by molar-refractivity contribution is 4.78. The van der Waals surface area contributed by atoms with E-state index in [0.717, 1.165) is 32.5 Å². The zero-order valence-corrected chi connectivity index (χ0v) is 13.4. The minimum Gasteiger partial charge on any atom is -0.352 e. The molecule has 1 rings (SSSR count). The van der Waals surface area contributed by atoms with Crippen LogP contribution in [0.4, 0.5) is 0 Å². The summed E-state index contributed by atoms with van der Waals surface area (Å²) in [5.41, 5.74) is 0.288. The second kappa shape index (κ2) is 9.77. The van der Waals surface area contributed by atoms with Crippen LogP contribution in [-0.4, -0.2) is 19.5 Å². The molecule has 0 spiro atoms. The average molecular weight is 270 g/mol. The number of hydrogen-bond donors (Lipinski definition) is 0. The predicted molar refractivity (Wildman–Crippen MR) is 81.3 cm³/mol. The van der Waals surface area contributed by atoms with Crippen LogP contribution in [0.15, 0.2) is 0 Å². The van der Waals surface area contributed by atoms with Crippen LogP contribution in [0.3, 0.4) is 0 Å². The highest BCUT2D eigenvalue weighted by atomic mass is 16.7. The Hall–Kier alpha value is -0.0800. The van der Waals surface area contributed by atoms with Crippen molar-refractivity contribution < 1.29 is 9.47 Å². The monoisotopic (exact) mass is 270 g/mol. The van der Waals surface area contributed by atoms with Gasteiger partial charge in [-0.1, -0.05) is 59.3 Å². The van der Waals surface area contributed by atoms with Crippen molar-refractivity contribution in [2.45, 2.75) is 91.3 Å². The van der Waals surface area contributed by atoms with Crippen LogP contribution in [0, 0.1) is 5.41 Å². The molecule has 0 atom stereocenters. The van der Waals surface area contributed by atoms with Crippen LogP contribution < -0.4 is 0 Å². The first-order valence-corrected chi connectivity index (χ1v) is 8.49. The van der Waals surface area contributed by atoms with Crippen molar-refractivity contribution in [3.05, 3.63) is 0 Å². The third-order valence-corrected chi connectivity index (χ3v) is 4.69. The SMILES string of the molecule is CCCCCCCCCC1OCC(CC)(CC)CO1. The van der Waals surface area contributed by atoms with Gasteiger partial charge in [-0.2, -0.15) is 0 Å². The molecule has 0 aliphatic carbocycles. The predicted octanol–water partition coefficient (Wildman–Crippen LogP) is 5.31. The van der Waals surface area contributed by atoms with Gasteiger partial charge in [0.1, 0.15) is 0 Å². The number of unbranched alkanes of at least 4 members (excludes halogenated alkanes) is 6. The summed E-state index contributed by atoms with van der Waals surface area (Å²) in [5, 5.41) is 0. The fourth-order valence-electron chi connectivity index (χ4n) is 2.72. The van der Waals surface area contributed by atoms with E-state index in [1.165, 1.54) is 44.9 Å². The Balaban J connectivity index is 2.00. The maximum atomic E-state index is 5.90. The molecular formula is C17H34O2. The Morgan fingerprint density at radius 1 is 0.789 bits per heavy atom. The minimum absolute atomic E-state index is 0.0712. The van der Waals surface area contributed by atoms with E-state index in [2.05, 4.69) is 20.8 Å². The lowest BCUT2D eigenvalue weighted by molar-refractivity contribution is -0.233. The highest BCUT2D eigenvalue weighted by Gasteiger charge is 2.33. The zero-order valence-electron chi connectivity index (χ0n) is 13.4. The number of hydrogen-bond acceptors (Lipinski definition) is 2. The molecule has 1 fully saturated rings. The number of ether oxygens (including phenoxy) is 2. The van der Waals surface area contributed by atoms with Crippen LogP contribution in [0.2, 0.25) is 0 Å². The summed E-state index contributed by atoms with van der Waals surface area (Å²) in [6, 6.07) is 0. The molecule has 2 heteroatoms. The summed E-state index contributed by atoms with van der Waals surface area (Å²) < 4.78 is 11.8. The van der Waals surface area contributed by atoms with E-state index in [0.29, 0.717) is 0 Å². The van der Waals surface area contributed by atoms with E-state index < -0.39 is 0 Å². The average Bonchev–Trinajstić information content (AvgIpc) is 2.47. The Kier molecular flexibility index (Phi) is 8.72. The molecule has 1 aliphatic rings. The standard InChI is InChI=1S/C17H34O2/c1-4-7-8-9-10-11-12-13-16-18-14-17(5-2,6-3)15-19-16/h16H,4-15H2,1-3H3. The maximum absolute atomic E-state index is 5.90. The molecular weight excluding hydrogens is 236 g/mol. The fraction of sp³-hybridized carbons (Fsp3) is 1.00. The molecule has 1 aliphatic heterocycles. The molecule has 19 heavy (non-hydrogen) atoms.